The van der Waals surface area contributed by atoms with Crippen LogP contribution in [-0.4, -0.2) is 29.2 Å². The van der Waals surface area contributed by atoms with Crippen LogP contribution >= 0.6 is 11.3 Å². The molecular formula is C17H20N2O4S. The number of thiazole rings is 1. The van der Waals surface area contributed by atoms with Gasteiger partial charge in [0.05, 0.1) is 5.69 Å². The van der Waals surface area contributed by atoms with E-state index in [1.807, 2.05) is 39.0 Å². The summed E-state index contributed by atoms with van der Waals surface area (Å²) >= 11 is 1.08. The lowest BCUT2D eigenvalue weighted by Crippen LogP contribution is -2.43. The molecule has 0 radical (unpaired) electrons. The van der Waals surface area contributed by atoms with Gasteiger partial charge in [0, 0.05) is 16.5 Å². The summed E-state index contributed by atoms with van der Waals surface area (Å²) in [7, 11) is 0. The van der Waals surface area contributed by atoms with E-state index < -0.39 is 0 Å². The highest BCUT2D eigenvalue weighted by molar-refractivity contribution is 7.07. The molecule has 0 aliphatic carbocycles. The maximum Gasteiger partial charge on any atom is 0.308 e. The van der Waals surface area contributed by atoms with Crippen molar-refractivity contribution >= 4 is 17.2 Å². The van der Waals surface area contributed by atoms with E-state index in [9.17, 15) is 9.59 Å². The highest BCUT2D eigenvalue weighted by Crippen LogP contribution is 2.34. The fourth-order valence-corrected chi connectivity index (χ4v) is 3.28. The van der Waals surface area contributed by atoms with Gasteiger partial charge in [0.1, 0.15) is 19.8 Å². The Hall–Kier alpha value is -2.28. The highest BCUT2D eigenvalue weighted by atomic mass is 32.1. The summed E-state index contributed by atoms with van der Waals surface area (Å²) in [5.74, 6) is 1.16. The monoisotopic (exact) mass is 348 g/mol. The number of hydrogen-bond donors (Lipinski definition) is 1. The number of hydrogen-bond acceptors (Lipinski definition) is 5. The number of fused-ring (bicyclic) bond motifs is 1. The molecule has 24 heavy (non-hydrogen) atoms. The van der Waals surface area contributed by atoms with Crippen molar-refractivity contribution in [2.75, 3.05) is 13.2 Å². The number of aromatic nitrogens is 1. The molecule has 1 aliphatic rings. The van der Waals surface area contributed by atoms with Gasteiger partial charge in [-0.1, -0.05) is 11.3 Å². The molecule has 0 fully saturated rings. The van der Waals surface area contributed by atoms with Crippen molar-refractivity contribution in [3.63, 3.8) is 0 Å². The average Bonchev–Trinajstić information content (AvgIpc) is 2.86. The van der Waals surface area contributed by atoms with Gasteiger partial charge in [0.25, 0.3) is 0 Å². The molecule has 2 aromatic rings. The summed E-state index contributed by atoms with van der Waals surface area (Å²) in [5.41, 5.74) is 1.18. The lowest BCUT2D eigenvalue weighted by Gasteiger charge is -2.21. The van der Waals surface area contributed by atoms with Crippen molar-refractivity contribution in [2.45, 2.75) is 32.9 Å². The van der Waals surface area contributed by atoms with Crippen LogP contribution < -0.4 is 19.7 Å². The number of ether oxygens (including phenoxy) is 2. The Labute approximate surface area is 144 Å². The van der Waals surface area contributed by atoms with Crippen LogP contribution in [0.4, 0.5) is 0 Å². The second-order valence-corrected chi connectivity index (χ2v) is 7.45. The Bertz CT molecular complexity index is 817. The molecule has 128 valence electrons. The van der Waals surface area contributed by atoms with Crippen LogP contribution in [0, 0.1) is 0 Å². The molecule has 1 amide bonds. The van der Waals surface area contributed by atoms with Crippen LogP contribution in [0.3, 0.4) is 0 Å². The molecule has 0 bridgehead atoms. The first kappa shape index (κ1) is 16.6. The Kier molecular flexibility index (Phi) is 4.36. The summed E-state index contributed by atoms with van der Waals surface area (Å²) in [5, 5.41) is 4.64. The Morgan fingerprint density at radius 1 is 1.25 bits per heavy atom. The Morgan fingerprint density at radius 2 is 1.96 bits per heavy atom. The molecule has 1 aliphatic heterocycles. The lowest BCUT2D eigenvalue weighted by molar-refractivity contribution is -0.123. The minimum atomic E-state index is -0.339. The zero-order valence-corrected chi connectivity index (χ0v) is 14.7. The summed E-state index contributed by atoms with van der Waals surface area (Å²) in [6.07, 6.45) is 0. The van der Waals surface area contributed by atoms with E-state index in [2.05, 4.69) is 5.32 Å². The molecule has 0 atom stereocenters. The van der Waals surface area contributed by atoms with Gasteiger partial charge < -0.3 is 14.8 Å². The summed E-state index contributed by atoms with van der Waals surface area (Å²) < 4.78 is 12.6. The fraction of sp³-hybridized carbons (Fsp3) is 0.412. The van der Waals surface area contributed by atoms with Gasteiger partial charge in [-0.15, -0.1) is 0 Å². The first-order valence-electron chi connectivity index (χ1n) is 7.73. The van der Waals surface area contributed by atoms with Crippen molar-refractivity contribution in [3.05, 3.63) is 33.2 Å². The second kappa shape index (κ2) is 6.32. The maximum atomic E-state index is 12.2. The summed E-state index contributed by atoms with van der Waals surface area (Å²) in [6, 6.07) is 5.53. The Morgan fingerprint density at radius 3 is 2.67 bits per heavy atom. The number of nitrogens with one attached hydrogen (secondary N) is 1. The van der Waals surface area contributed by atoms with Crippen LogP contribution in [0.15, 0.2) is 28.4 Å². The SMILES string of the molecule is CC(C)(C)NC(=O)Cn1c(-c2ccc3c(c2)OCCO3)csc1=O. The molecular weight excluding hydrogens is 328 g/mol. The number of benzene rings is 1. The van der Waals surface area contributed by atoms with Crippen molar-refractivity contribution in [2.24, 2.45) is 0 Å². The topological polar surface area (TPSA) is 69.6 Å². The standard InChI is InChI=1S/C17H20N2O4S/c1-17(2,3)18-15(20)9-19-12(10-24-16(19)21)11-4-5-13-14(8-11)23-7-6-22-13/h4-5,8,10H,6-7,9H2,1-3H3,(H,18,20). The van der Waals surface area contributed by atoms with E-state index in [1.54, 1.807) is 5.38 Å². The van der Waals surface area contributed by atoms with Crippen LogP contribution in [0.25, 0.3) is 11.3 Å². The number of carbonyl (C=O) groups excluding carboxylic acids is 1. The Balaban J connectivity index is 1.90. The molecule has 1 aromatic carbocycles. The van der Waals surface area contributed by atoms with Crippen LogP contribution in [0.2, 0.25) is 0 Å². The molecule has 0 saturated heterocycles. The van der Waals surface area contributed by atoms with E-state index in [0.29, 0.717) is 30.4 Å². The maximum absolute atomic E-state index is 12.2. The van der Waals surface area contributed by atoms with Gasteiger partial charge in [-0.05, 0) is 39.0 Å². The second-order valence-electron chi connectivity index (χ2n) is 6.63. The van der Waals surface area contributed by atoms with Gasteiger partial charge in [-0.3, -0.25) is 14.2 Å². The molecule has 2 heterocycles. The molecule has 1 aromatic heterocycles. The van der Waals surface area contributed by atoms with Crippen molar-refractivity contribution in [3.8, 4) is 22.8 Å². The number of rotatable bonds is 3. The van der Waals surface area contributed by atoms with Crippen molar-refractivity contribution < 1.29 is 14.3 Å². The van der Waals surface area contributed by atoms with Crippen molar-refractivity contribution in [1.29, 1.82) is 0 Å². The zero-order valence-electron chi connectivity index (χ0n) is 13.9. The third-order valence-electron chi connectivity index (χ3n) is 3.44. The van der Waals surface area contributed by atoms with Gasteiger partial charge in [0.2, 0.25) is 5.91 Å². The first-order valence-corrected chi connectivity index (χ1v) is 8.61. The van der Waals surface area contributed by atoms with E-state index in [-0.39, 0.29) is 22.9 Å². The third kappa shape index (κ3) is 3.62. The molecule has 0 saturated carbocycles. The van der Waals surface area contributed by atoms with E-state index in [0.717, 1.165) is 16.9 Å². The van der Waals surface area contributed by atoms with Gasteiger partial charge in [-0.2, -0.15) is 0 Å². The molecule has 1 N–H and O–H groups in total. The summed E-state index contributed by atoms with van der Waals surface area (Å²) in [6.45, 7) is 6.74. The molecule has 7 heteroatoms. The lowest BCUT2D eigenvalue weighted by atomic mass is 10.1. The fourth-order valence-electron chi connectivity index (χ4n) is 2.51. The van der Waals surface area contributed by atoms with Crippen LogP contribution in [-0.2, 0) is 11.3 Å². The predicted octanol–water partition coefficient (Wildman–Crippen LogP) is 2.26. The highest BCUT2D eigenvalue weighted by Gasteiger charge is 2.19. The van der Waals surface area contributed by atoms with Gasteiger partial charge in [-0.25, -0.2) is 0 Å². The van der Waals surface area contributed by atoms with Crippen LogP contribution in [0.1, 0.15) is 20.8 Å². The molecule has 3 rings (SSSR count). The van der Waals surface area contributed by atoms with Gasteiger partial charge >= 0.3 is 4.87 Å². The third-order valence-corrected chi connectivity index (χ3v) is 4.20. The summed E-state index contributed by atoms with van der Waals surface area (Å²) in [4.78, 5) is 24.2. The minimum Gasteiger partial charge on any atom is -0.486 e. The number of nitrogens with zero attached hydrogens (tertiary/aromatic N) is 1. The number of amides is 1. The minimum absolute atomic E-state index is 0.0105. The quantitative estimate of drug-likeness (QED) is 0.924. The zero-order chi connectivity index (χ0) is 17.3. The molecule has 0 unspecified atom stereocenters. The normalized spacial score (nSPS) is 13.6. The molecule has 0 spiro atoms. The van der Waals surface area contributed by atoms with Crippen LogP contribution in [0.5, 0.6) is 11.5 Å². The van der Waals surface area contributed by atoms with E-state index in [1.165, 1.54) is 4.57 Å². The molecule has 6 nitrogen and oxygen atoms in total. The number of carbonyl (C=O) groups is 1. The van der Waals surface area contributed by atoms with E-state index in [4.69, 9.17) is 9.47 Å². The smallest absolute Gasteiger partial charge is 0.308 e. The largest absolute Gasteiger partial charge is 0.486 e. The average molecular weight is 348 g/mol. The van der Waals surface area contributed by atoms with Crippen molar-refractivity contribution in [1.82, 2.24) is 9.88 Å². The van der Waals surface area contributed by atoms with E-state index >= 15 is 0 Å². The van der Waals surface area contributed by atoms with Gasteiger partial charge in [0.15, 0.2) is 11.5 Å². The predicted molar refractivity (Wildman–Crippen MR) is 92.9 cm³/mol. The first-order chi connectivity index (χ1) is 11.3.